The van der Waals surface area contributed by atoms with Gasteiger partial charge < -0.3 is 10.7 Å². The van der Waals surface area contributed by atoms with Crippen LogP contribution >= 0.6 is 24.0 Å². The average molecular weight is 295 g/mol. The summed E-state index contributed by atoms with van der Waals surface area (Å²) in [6.45, 7) is 4.45. The molecule has 1 heterocycles. The molecule has 1 aromatic rings. The molecule has 0 aliphatic carbocycles. The third-order valence-corrected chi connectivity index (χ3v) is 3.91. The van der Waals surface area contributed by atoms with Crippen molar-refractivity contribution in [1.29, 1.82) is 0 Å². The van der Waals surface area contributed by atoms with Crippen LogP contribution < -0.4 is 5.73 Å². The number of unbranched alkanes of at least 4 members (excludes halogenated alkanes) is 1. The molecule has 0 aliphatic rings. The van der Waals surface area contributed by atoms with E-state index in [4.69, 9.17) is 18.0 Å². The average Bonchev–Trinajstić information content (AvgIpc) is 2.28. The van der Waals surface area contributed by atoms with Crippen molar-refractivity contribution in [1.82, 2.24) is 15.0 Å². The molecule has 4 nitrogen and oxygen atoms in total. The Balaban J connectivity index is 0.00000289. The second-order valence-corrected chi connectivity index (χ2v) is 5.42. The molecule has 1 rings (SSSR count). The van der Waals surface area contributed by atoms with Crippen LogP contribution in [-0.4, -0.2) is 50.3 Å². The zero-order valence-corrected chi connectivity index (χ0v) is 15.0. The van der Waals surface area contributed by atoms with E-state index in [0.29, 0.717) is 15.9 Å². The smallest absolute Gasteiger partial charge is 0.202 e. The topological polar surface area (TPSA) is 67.6 Å². The molecule has 1 unspecified atom stereocenters. The van der Waals surface area contributed by atoms with Crippen LogP contribution in [0, 0.1) is 10.7 Å². The first-order valence-electron chi connectivity index (χ1n) is 6.02. The van der Waals surface area contributed by atoms with Gasteiger partial charge in [-0.25, -0.2) is 0 Å². The number of thioether (sulfide) groups is 1. The van der Waals surface area contributed by atoms with Crippen LogP contribution in [0.1, 0.15) is 39.5 Å². The van der Waals surface area contributed by atoms with Gasteiger partial charge in [0.25, 0.3) is 0 Å². The zero-order chi connectivity index (χ0) is 12.7. The van der Waals surface area contributed by atoms with Crippen LogP contribution in [0.15, 0.2) is 5.16 Å². The van der Waals surface area contributed by atoms with E-state index in [1.54, 1.807) is 11.8 Å². The molecule has 97 valence electrons. The fraction of sp³-hybridized carbons (Fsp3) is 0.727. The number of hydrogen-bond donors (Lipinski definition) is 2. The summed E-state index contributed by atoms with van der Waals surface area (Å²) < 4.78 is 0.404. The number of aromatic amines is 1. The van der Waals surface area contributed by atoms with E-state index in [1.807, 2.05) is 0 Å². The fourth-order valence-corrected chi connectivity index (χ4v) is 2.89. The van der Waals surface area contributed by atoms with Crippen molar-refractivity contribution in [2.75, 3.05) is 11.5 Å². The van der Waals surface area contributed by atoms with E-state index < -0.39 is 0 Å². The minimum atomic E-state index is 0. The van der Waals surface area contributed by atoms with Gasteiger partial charge in [0.1, 0.15) is 0 Å². The quantitative estimate of drug-likeness (QED) is 0.460. The molecule has 7 heteroatoms. The number of anilines is 1. The van der Waals surface area contributed by atoms with Gasteiger partial charge in [-0.1, -0.05) is 44.9 Å². The first-order valence-corrected chi connectivity index (χ1v) is 7.41. The predicted octanol–water partition coefficient (Wildman–Crippen LogP) is 3.04. The van der Waals surface area contributed by atoms with Gasteiger partial charge in [-0.2, -0.15) is 9.97 Å². The number of rotatable bonds is 7. The molecule has 3 N–H and O–H groups in total. The summed E-state index contributed by atoms with van der Waals surface area (Å²) in [4.78, 5) is 11.0. The molecular weight excluding hydrogens is 275 g/mol. The molecule has 0 bridgehead atoms. The summed E-state index contributed by atoms with van der Waals surface area (Å²) in [7, 11) is 0. The number of nitrogens with one attached hydrogen (secondary N) is 1. The van der Waals surface area contributed by atoms with Crippen LogP contribution in [0.2, 0.25) is 0 Å². The van der Waals surface area contributed by atoms with Crippen molar-refractivity contribution in [3.63, 3.8) is 0 Å². The Hall–Kier alpha value is 0.380. The first kappa shape index (κ1) is 18.4. The van der Waals surface area contributed by atoms with Gasteiger partial charge in [-0.05, 0) is 24.6 Å². The maximum absolute atomic E-state index is 5.59. The van der Waals surface area contributed by atoms with Gasteiger partial charge in [0.05, 0.1) is 0 Å². The third-order valence-electron chi connectivity index (χ3n) is 2.64. The summed E-state index contributed by atoms with van der Waals surface area (Å²) in [5.41, 5.74) is 5.59. The number of nitrogens with zero attached hydrogens (tertiary/aromatic N) is 2. The zero-order valence-electron chi connectivity index (χ0n) is 11.4. The van der Waals surface area contributed by atoms with Gasteiger partial charge in [0.15, 0.2) is 5.16 Å². The third kappa shape index (κ3) is 7.09. The molecule has 0 fully saturated rings. The van der Waals surface area contributed by atoms with Crippen molar-refractivity contribution in [2.24, 2.45) is 5.92 Å². The Morgan fingerprint density at radius 3 is 2.67 bits per heavy atom. The Morgan fingerprint density at radius 1 is 1.39 bits per heavy atom. The van der Waals surface area contributed by atoms with E-state index in [9.17, 15) is 0 Å². The van der Waals surface area contributed by atoms with Crippen LogP contribution in [-0.2, 0) is 0 Å². The van der Waals surface area contributed by atoms with Gasteiger partial charge in [0, 0.05) is 35.3 Å². The van der Waals surface area contributed by atoms with Crippen LogP contribution in [0.3, 0.4) is 0 Å². The molecule has 0 aromatic carbocycles. The summed E-state index contributed by atoms with van der Waals surface area (Å²) in [5.74, 6) is 2.10. The van der Waals surface area contributed by atoms with Gasteiger partial charge in [-0.15, -0.1) is 0 Å². The van der Waals surface area contributed by atoms with Gasteiger partial charge in [0.2, 0.25) is 10.7 Å². The molecule has 1 atom stereocenters. The number of nitrogens with two attached hydrogens (primary N) is 1. The number of aromatic nitrogens is 3. The van der Waals surface area contributed by atoms with Crippen molar-refractivity contribution in [2.45, 2.75) is 44.7 Å². The maximum atomic E-state index is 5.59. The molecule has 18 heavy (non-hydrogen) atoms. The molecule has 0 amide bonds. The number of H-pyrrole nitrogens is 1. The Labute approximate surface area is 140 Å². The molecule has 0 spiro atoms. The Kier molecular flexibility index (Phi) is 10.4. The van der Waals surface area contributed by atoms with E-state index in [2.05, 4.69) is 28.8 Å². The van der Waals surface area contributed by atoms with E-state index in [1.165, 1.54) is 25.7 Å². The van der Waals surface area contributed by atoms with Crippen molar-refractivity contribution in [3.05, 3.63) is 4.77 Å². The molecule has 0 saturated carbocycles. The maximum Gasteiger partial charge on any atom is 0.202 e. The summed E-state index contributed by atoms with van der Waals surface area (Å²) in [6, 6.07) is 0. The van der Waals surface area contributed by atoms with Crippen LogP contribution in [0.5, 0.6) is 0 Å². The fourth-order valence-electron chi connectivity index (χ4n) is 1.54. The monoisotopic (exact) mass is 295 g/mol. The largest absolute Gasteiger partial charge is 0.369 e. The van der Waals surface area contributed by atoms with Crippen LogP contribution in [0.25, 0.3) is 0 Å². The predicted molar refractivity (Wildman–Crippen MR) is 81.4 cm³/mol. The summed E-state index contributed by atoms with van der Waals surface area (Å²) in [6.07, 6.45) is 5.01. The van der Waals surface area contributed by atoms with Gasteiger partial charge in [-0.3, -0.25) is 0 Å². The summed E-state index contributed by atoms with van der Waals surface area (Å²) in [5, 5.41) is 0.682. The van der Waals surface area contributed by atoms with E-state index in [-0.39, 0.29) is 29.6 Å². The standard InChI is InChI=1S/C11H20N4S2.Na/c1-3-5-6-8(4-2)7-17-11-14-9(12)13-10(16)15-11;/h8H,3-7H2,1-2H3,(H3,12,13,14,15,16);. The Morgan fingerprint density at radius 2 is 2.11 bits per heavy atom. The molecule has 1 aromatic heterocycles. The minimum absolute atomic E-state index is 0. The SMILES string of the molecule is CCCCC(CC)CSc1nc(N)[nH]c(=S)n1.[Na]. The second kappa shape index (κ2) is 10.2. The molecule has 1 radical (unpaired) electrons. The summed E-state index contributed by atoms with van der Waals surface area (Å²) >= 11 is 6.61. The van der Waals surface area contributed by atoms with Crippen LogP contribution in [0.4, 0.5) is 5.95 Å². The van der Waals surface area contributed by atoms with Crippen molar-refractivity contribution < 1.29 is 0 Å². The van der Waals surface area contributed by atoms with E-state index in [0.717, 1.165) is 11.7 Å². The first-order chi connectivity index (χ1) is 8.15. The molecular formula is C11H20N4NaS2. The Bertz CT molecular complexity index is 397. The second-order valence-electron chi connectivity index (χ2n) is 4.05. The number of hydrogen-bond acceptors (Lipinski definition) is 5. The normalized spacial score (nSPS) is 11.9. The number of nitrogen functional groups attached to an aromatic ring is 1. The van der Waals surface area contributed by atoms with Crippen molar-refractivity contribution in [3.8, 4) is 0 Å². The van der Waals surface area contributed by atoms with E-state index >= 15 is 0 Å². The van der Waals surface area contributed by atoms with Crippen molar-refractivity contribution >= 4 is 59.5 Å². The molecule has 0 saturated heterocycles. The van der Waals surface area contributed by atoms with Gasteiger partial charge >= 0.3 is 0 Å². The molecule has 0 aliphatic heterocycles. The minimum Gasteiger partial charge on any atom is -0.369 e.